The second-order valence-corrected chi connectivity index (χ2v) is 4.89. The fourth-order valence-corrected chi connectivity index (χ4v) is 2.41. The van der Waals surface area contributed by atoms with Crippen molar-refractivity contribution in [2.24, 2.45) is 0 Å². The lowest BCUT2D eigenvalue weighted by atomic mass is 10.1. The fraction of sp³-hybridized carbons (Fsp3) is 0.250. The van der Waals surface area contributed by atoms with Crippen molar-refractivity contribution in [2.45, 2.75) is 19.9 Å². The zero-order valence-corrected chi connectivity index (χ0v) is 10.9. The van der Waals surface area contributed by atoms with Crippen molar-refractivity contribution in [1.29, 1.82) is 0 Å². The first kappa shape index (κ1) is 12.5. The number of aryl methyl sites for hydroxylation is 1. The Labute approximate surface area is 109 Å². The van der Waals surface area contributed by atoms with Crippen molar-refractivity contribution in [3.63, 3.8) is 0 Å². The Morgan fingerprint density at radius 2 is 2.28 bits per heavy atom. The highest BCUT2D eigenvalue weighted by Crippen LogP contribution is 2.31. The van der Waals surface area contributed by atoms with Crippen LogP contribution in [0.25, 0.3) is 0 Å². The van der Waals surface area contributed by atoms with Gasteiger partial charge in [0, 0.05) is 17.1 Å². The maximum Gasteiger partial charge on any atom is 0.295 e. The van der Waals surface area contributed by atoms with Crippen LogP contribution in [-0.4, -0.2) is 9.91 Å². The topological polar surface area (TPSA) is 68.1 Å². The minimum absolute atomic E-state index is 0.0505. The minimum atomic E-state index is -0.355. The summed E-state index contributed by atoms with van der Waals surface area (Å²) in [6.07, 6.45) is 1.73. The normalized spacial score (nSPS) is 12.1. The summed E-state index contributed by atoms with van der Waals surface area (Å²) in [4.78, 5) is 14.9. The summed E-state index contributed by atoms with van der Waals surface area (Å²) in [6.45, 7) is 3.67. The Morgan fingerprint density at radius 1 is 1.50 bits per heavy atom. The molecule has 0 saturated heterocycles. The van der Waals surface area contributed by atoms with Crippen LogP contribution >= 0.6 is 11.3 Å². The van der Waals surface area contributed by atoms with E-state index in [-0.39, 0.29) is 16.7 Å². The molecule has 0 bridgehead atoms. The Kier molecular flexibility index (Phi) is 3.57. The third kappa shape index (κ3) is 2.48. The highest BCUT2D eigenvalue weighted by molar-refractivity contribution is 7.09. The molecule has 18 heavy (non-hydrogen) atoms. The molecule has 6 heteroatoms. The van der Waals surface area contributed by atoms with E-state index in [4.69, 9.17) is 0 Å². The lowest BCUT2D eigenvalue weighted by Crippen LogP contribution is -2.08. The summed E-state index contributed by atoms with van der Waals surface area (Å²) in [6, 6.07) is 5.21. The maximum atomic E-state index is 11.1. The molecule has 1 aromatic carbocycles. The van der Waals surface area contributed by atoms with Crippen LogP contribution in [-0.2, 0) is 0 Å². The van der Waals surface area contributed by atoms with Gasteiger partial charge < -0.3 is 5.32 Å². The highest BCUT2D eigenvalue weighted by Gasteiger charge is 2.19. The fourth-order valence-electron chi connectivity index (χ4n) is 1.76. The van der Waals surface area contributed by atoms with Crippen molar-refractivity contribution in [3.05, 3.63) is 50.5 Å². The third-order valence-corrected chi connectivity index (χ3v) is 3.57. The van der Waals surface area contributed by atoms with Crippen LogP contribution in [0.15, 0.2) is 29.8 Å². The molecule has 0 radical (unpaired) electrons. The van der Waals surface area contributed by atoms with Crippen LogP contribution in [0.2, 0.25) is 0 Å². The number of hydrogen-bond acceptors (Lipinski definition) is 5. The maximum absolute atomic E-state index is 11.1. The van der Waals surface area contributed by atoms with E-state index in [1.807, 2.05) is 12.3 Å². The molecule has 1 unspecified atom stereocenters. The predicted octanol–water partition coefficient (Wildman–Crippen LogP) is 3.53. The predicted molar refractivity (Wildman–Crippen MR) is 72.0 cm³/mol. The number of hydrogen-bond donors (Lipinski definition) is 1. The van der Waals surface area contributed by atoms with Gasteiger partial charge in [-0.05, 0) is 19.9 Å². The number of nitrogens with zero attached hydrogens (tertiary/aromatic N) is 2. The molecule has 2 aromatic rings. The molecule has 0 saturated carbocycles. The van der Waals surface area contributed by atoms with Crippen molar-refractivity contribution in [2.75, 3.05) is 5.32 Å². The van der Waals surface area contributed by atoms with Crippen LogP contribution in [0.3, 0.4) is 0 Å². The summed E-state index contributed by atoms with van der Waals surface area (Å²) in [7, 11) is 0. The van der Waals surface area contributed by atoms with E-state index in [1.165, 1.54) is 11.3 Å². The van der Waals surface area contributed by atoms with Crippen molar-refractivity contribution in [1.82, 2.24) is 4.98 Å². The minimum Gasteiger partial charge on any atom is -0.371 e. The standard InChI is InChI=1S/C12H13N3O2S/c1-8-4-3-5-10(11(8)15(16)17)14-9(2)12-13-6-7-18-12/h3-7,9,14H,1-2H3. The SMILES string of the molecule is Cc1cccc(NC(C)c2nccs2)c1[N+](=O)[O-]. The second kappa shape index (κ2) is 5.14. The van der Waals surface area contributed by atoms with Gasteiger partial charge in [0.25, 0.3) is 5.69 Å². The van der Waals surface area contributed by atoms with Gasteiger partial charge in [-0.1, -0.05) is 12.1 Å². The molecule has 0 fully saturated rings. The monoisotopic (exact) mass is 263 g/mol. The third-order valence-electron chi connectivity index (χ3n) is 2.61. The van der Waals surface area contributed by atoms with Crippen molar-refractivity contribution < 1.29 is 4.92 Å². The van der Waals surface area contributed by atoms with Gasteiger partial charge in [0.2, 0.25) is 0 Å². The number of benzene rings is 1. The molecule has 1 aromatic heterocycles. The van der Waals surface area contributed by atoms with Crippen molar-refractivity contribution >= 4 is 22.7 Å². The lowest BCUT2D eigenvalue weighted by molar-refractivity contribution is -0.384. The van der Waals surface area contributed by atoms with E-state index in [9.17, 15) is 10.1 Å². The molecule has 94 valence electrons. The smallest absolute Gasteiger partial charge is 0.295 e. The molecule has 1 N–H and O–H groups in total. The Balaban J connectivity index is 2.29. The average molecular weight is 263 g/mol. The summed E-state index contributed by atoms with van der Waals surface area (Å²) in [5.41, 5.74) is 1.31. The first-order valence-electron chi connectivity index (χ1n) is 5.49. The zero-order valence-electron chi connectivity index (χ0n) is 10.1. The summed E-state index contributed by atoms with van der Waals surface area (Å²) in [5, 5.41) is 17.0. The Hall–Kier alpha value is -1.95. The summed E-state index contributed by atoms with van der Waals surface area (Å²) >= 11 is 1.53. The lowest BCUT2D eigenvalue weighted by Gasteiger charge is -2.13. The quantitative estimate of drug-likeness (QED) is 0.676. The van der Waals surface area contributed by atoms with Crippen LogP contribution in [0, 0.1) is 17.0 Å². The van der Waals surface area contributed by atoms with E-state index in [2.05, 4.69) is 10.3 Å². The summed E-state index contributed by atoms with van der Waals surface area (Å²) < 4.78 is 0. The number of para-hydroxylation sites is 1. The van der Waals surface area contributed by atoms with Crippen molar-refractivity contribution in [3.8, 4) is 0 Å². The number of rotatable bonds is 4. The van der Waals surface area contributed by atoms with Gasteiger partial charge in [0.15, 0.2) is 0 Å². The number of nitro groups is 1. The van der Waals surface area contributed by atoms with Gasteiger partial charge >= 0.3 is 0 Å². The molecule has 5 nitrogen and oxygen atoms in total. The number of nitrogens with one attached hydrogen (secondary N) is 1. The molecule has 0 spiro atoms. The average Bonchev–Trinajstić information content (AvgIpc) is 2.81. The van der Waals surface area contributed by atoms with Crippen LogP contribution in [0.1, 0.15) is 23.5 Å². The molecule has 0 aliphatic rings. The number of nitro benzene ring substituents is 1. The van der Waals surface area contributed by atoms with E-state index in [1.54, 1.807) is 31.3 Å². The van der Waals surface area contributed by atoms with Gasteiger partial charge in [-0.2, -0.15) is 0 Å². The molecule has 0 amide bonds. The number of anilines is 1. The number of thiazole rings is 1. The van der Waals surface area contributed by atoms with Gasteiger partial charge in [-0.3, -0.25) is 10.1 Å². The van der Waals surface area contributed by atoms with Gasteiger partial charge in [-0.25, -0.2) is 4.98 Å². The van der Waals surface area contributed by atoms with Crippen LogP contribution < -0.4 is 5.32 Å². The van der Waals surface area contributed by atoms with E-state index in [0.29, 0.717) is 11.3 Å². The molecule has 1 atom stereocenters. The van der Waals surface area contributed by atoms with Gasteiger partial charge in [0.1, 0.15) is 10.7 Å². The molecule has 2 rings (SSSR count). The van der Waals surface area contributed by atoms with Gasteiger partial charge in [0.05, 0.1) is 11.0 Å². The Bertz CT molecular complexity index is 554. The summed E-state index contributed by atoms with van der Waals surface area (Å²) in [5.74, 6) is 0. The zero-order chi connectivity index (χ0) is 13.1. The number of aromatic nitrogens is 1. The second-order valence-electron chi connectivity index (χ2n) is 3.96. The molecular formula is C12H13N3O2S. The highest BCUT2D eigenvalue weighted by atomic mass is 32.1. The van der Waals surface area contributed by atoms with E-state index in [0.717, 1.165) is 5.01 Å². The molecule has 0 aliphatic heterocycles. The van der Waals surface area contributed by atoms with Gasteiger partial charge in [-0.15, -0.1) is 11.3 Å². The molecule has 0 aliphatic carbocycles. The van der Waals surface area contributed by atoms with Crippen LogP contribution in [0.4, 0.5) is 11.4 Å². The van der Waals surface area contributed by atoms with Crippen LogP contribution in [0.5, 0.6) is 0 Å². The van der Waals surface area contributed by atoms with E-state index < -0.39 is 0 Å². The Morgan fingerprint density at radius 3 is 2.89 bits per heavy atom. The molecule has 1 heterocycles. The largest absolute Gasteiger partial charge is 0.371 e. The van der Waals surface area contributed by atoms with E-state index >= 15 is 0 Å². The first-order chi connectivity index (χ1) is 8.59. The first-order valence-corrected chi connectivity index (χ1v) is 6.37. The molecular weight excluding hydrogens is 250 g/mol.